The Morgan fingerprint density at radius 3 is 2.64 bits per heavy atom. The van der Waals surface area contributed by atoms with Gasteiger partial charge in [-0.15, -0.1) is 0 Å². The molecule has 0 atom stereocenters. The van der Waals surface area contributed by atoms with Gasteiger partial charge in [0.05, 0.1) is 0 Å². The van der Waals surface area contributed by atoms with Gasteiger partial charge >= 0.3 is 5.97 Å². The fourth-order valence-electron chi connectivity index (χ4n) is 0.850. The zero-order chi connectivity index (χ0) is 10.7. The van der Waals surface area contributed by atoms with Crippen LogP contribution in [-0.2, 0) is 4.79 Å². The first-order chi connectivity index (χ1) is 6.52. The van der Waals surface area contributed by atoms with Gasteiger partial charge in [0.25, 0.3) is 0 Å². The molecule has 5 heteroatoms. The van der Waals surface area contributed by atoms with Crippen LogP contribution in [0.4, 0.5) is 4.39 Å². The molecule has 0 aliphatic carbocycles. The summed E-state index contributed by atoms with van der Waals surface area (Å²) < 4.78 is 14.4. The van der Waals surface area contributed by atoms with Gasteiger partial charge < -0.3 is 5.11 Å². The van der Waals surface area contributed by atoms with Crippen LogP contribution in [0, 0.1) is 5.82 Å². The highest BCUT2D eigenvalue weighted by molar-refractivity contribution is 9.13. The summed E-state index contributed by atoms with van der Waals surface area (Å²) in [4.78, 5) is 10.2. The Balaban J connectivity index is 3.19. The number of carbonyl (C=O) groups is 1. The molecule has 0 radical (unpaired) electrons. The zero-order valence-corrected chi connectivity index (χ0v) is 9.97. The minimum atomic E-state index is -1.11. The molecule has 0 aromatic heterocycles. The lowest BCUT2D eigenvalue weighted by atomic mass is 10.2. The van der Waals surface area contributed by atoms with Crippen molar-refractivity contribution in [2.45, 2.75) is 0 Å². The highest BCUT2D eigenvalue weighted by atomic mass is 79.9. The van der Waals surface area contributed by atoms with E-state index in [1.54, 1.807) is 0 Å². The lowest BCUT2D eigenvalue weighted by Gasteiger charge is -2.02. The van der Waals surface area contributed by atoms with E-state index in [1.165, 1.54) is 18.2 Å². The Morgan fingerprint density at radius 1 is 1.43 bits per heavy atom. The maximum absolute atomic E-state index is 13.2. The summed E-state index contributed by atoms with van der Waals surface area (Å²) in [5.74, 6) is -1.59. The minimum Gasteiger partial charge on any atom is -0.478 e. The van der Waals surface area contributed by atoms with Crippen molar-refractivity contribution in [3.63, 3.8) is 0 Å². The van der Waals surface area contributed by atoms with Gasteiger partial charge in [0.1, 0.15) is 5.82 Å². The second-order valence-corrected chi connectivity index (χ2v) is 4.08. The largest absolute Gasteiger partial charge is 0.478 e. The number of carboxylic acids is 1. The average molecular weight is 324 g/mol. The topological polar surface area (TPSA) is 37.3 Å². The van der Waals surface area contributed by atoms with Crippen molar-refractivity contribution >= 4 is 43.9 Å². The molecule has 1 N–H and O–H groups in total. The summed E-state index contributed by atoms with van der Waals surface area (Å²) in [6.45, 7) is 0. The van der Waals surface area contributed by atoms with E-state index in [2.05, 4.69) is 31.9 Å². The van der Waals surface area contributed by atoms with E-state index in [0.29, 0.717) is 8.95 Å². The molecule has 74 valence electrons. The summed E-state index contributed by atoms with van der Waals surface area (Å²) >= 11 is 6.34. The predicted molar refractivity (Wildman–Crippen MR) is 58.5 cm³/mol. The Labute approximate surface area is 96.7 Å². The molecule has 0 saturated carbocycles. The number of benzene rings is 1. The highest BCUT2D eigenvalue weighted by Gasteiger charge is 2.07. The molecule has 0 saturated heterocycles. The van der Waals surface area contributed by atoms with Crippen LogP contribution < -0.4 is 0 Å². The maximum atomic E-state index is 13.2. The van der Waals surface area contributed by atoms with Crippen LogP contribution in [-0.4, -0.2) is 11.1 Å². The van der Waals surface area contributed by atoms with Gasteiger partial charge in [0.2, 0.25) is 0 Å². The quantitative estimate of drug-likeness (QED) is 0.668. The average Bonchev–Trinajstić information content (AvgIpc) is 2.11. The van der Waals surface area contributed by atoms with Crippen molar-refractivity contribution in [1.82, 2.24) is 0 Å². The molecule has 0 bridgehead atoms. The van der Waals surface area contributed by atoms with Gasteiger partial charge in [0.15, 0.2) is 0 Å². The molecule has 2 nitrogen and oxygen atoms in total. The fourth-order valence-corrected chi connectivity index (χ4v) is 1.65. The van der Waals surface area contributed by atoms with Crippen LogP contribution in [0.3, 0.4) is 0 Å². The van der Waals surface area contributed by atoms with Crippen molar-refractivity contribution in [3.8, 4) is 0 Å². The molecule has 1 aromatic rings. The number of rotatable bonds is 2. The van der Waals surface area contributed by atoms with Crippen LogP contribution in [0.25, 0.3) is 6.08 Å². The molecule has 0 heterocycles. The van der Waals surface area contributed by atoms with E-state index in [1.807, 2.05) is 0 Å². The van der Waals surface area contributed by atoms with Crippen molar-refractivity contribution in [3.05, 3.63) is 38.5 Å². The van der Waals surface area contributed by atoms with Crippen molar-refractivity contribution in [2.75, 3.05) is 0 Å². The third-order valence-electron chi connectivity index (χ3n) is 1.47. The van der Waals surface area contributed by atoms with Crippen LogP contribution >= 0.6 is 31.9 Å². The normalized spacial score (nSPS) is 10.8. The second kappa shape index (κ2) is 4.70. The van der Waals surface area contributed by atoms with Gasteiger partial charge in [-0.1, -0.05) is 0 Å². The van der Waals surface area contributed by atoms with Crippen LogP contribution in [0.1, 0.15) is 5.56 Å². The number of carboxylic acid groups (broad SMARTS) is 1. The summed E-state index contributed by atoms with van der Waals surface area (Å²) in [6, 6.07) is 2.80. The molecule has 1 rings (SSSR count). The molecule has 0 fully saturated rings. The number of hydrogen-bond acceptors (Lipinski definition) is 1. The molecule has 0 spiro atoms. The Hall–Kier alpha value is -0.680. The van der Waals surface area contributed by atoms with E-state index < -0.39 is 11.8 Å². The Kier molecular flexibility index (Phi) is 3.83. The second-order valence-electron chi connectivity index (χ2n) is 2.43. The monoisotopic (exact) mass is 322 g/mol. The standard InChI is InChI=1S/C9H5Br2FO2/c10-6-2-3-7(12)5(9(6)11)1-4-8(13)14/h1-4H,(H,13,14). The first-order valence-electron chi connectivity index (χ1n) is 3.57. The van der Waals surface area contributed by atoms with Crippen molar-refractivity contribution in [2.24, 2.45) is 0 Å². The van der Waals surface area contributed by atoms with E-state index in [0.717, 1.165) is 6.08 Å². The van der Waals surface area contributed by atoms with E-state index >= 15 is 0 Å². The summed E-state index contributed by atoms with van der Waals surface area (Å²) in [7, 11) is 0. The van der Waals surface area contributed by atoms with Crippen molar-refractivity contribution < 1.29 is 14.3 Å². The van der Waals surface area contributed by atoms with Crippen LogP contribution in [0.15, 0.2) is 27.2 Å². The lowest BCUT2D eigenvalue weighted by Crippen LogP contribution is -1.89. The Morgan fingerprint density at radius 2 is 2.07 bits per heavy atom. The van der Waals surface area contributed by atoms with E-state index in [9.17, 15) is 9.18 Å². The maximum Gasteiger partial charge on any atom is 0.328 e. The third-order valence-corrected chi connectivity index (χ3v) is 3.52. The van der Waals surface area contributed by atoms with Gasteiger partial charge in [-0.3, -0.25) is 0 Å². The zero-order valence-electron chi connectivity index (χ0n) is 6.80. The number of aliphatic carboxylic acids is 1. The molecule has 0 amide bonds. The molecular formula is C9H5Br2FO2. The fraction of sp³-hybridized carbons (Fsp3) is 0. The van der Waals surface area contributed by atoms with Crippen molar-refractivity contribution in [1.29, 1.82) is 0 Å². The minimum absolute atomic E-state index is 0.210. The van der Waals surface area contributed by atoms with Gasteiger partial charge in [0, 0.05) is 20.6 Å². The summed E-state index contributed by atoms with van der Waals surface area (Å²) in [5, 5.41) is 8.39. The SMILES string of the molecule is O=C(O)C=Cc1c(F)ccc(Br)c1Br. The molecule has 0 aliphatic heterocycles. The molecule has 1 aromatic carbocycles. The van der Waals surface area contributed by atoms with Crippen LogP contribution in [0.2, 0.25) is 0 Å². The summed E-state index contributed by atoms with van der Waals surface area (Å²) in [5.41, 5.74) is 0.210. The Bertz CT molecular complexity index is 402. The first-order valence-corrected chi connectivity index (χ1v) is 5.15. The number of halogens is 3. The van der Waals surface area contributed by atoms with Gasteiger partial charge in [-0.25, -0.2) is 9.18 Å². The predicted octanol–water partition coefficient (Wildman–Crippen LogP) is 3.45. The van der Waals surface area contributed by atoms with Gasteiger partial charge in [-0.05, 0) is 50.1 Å². The number of hydrogen-bond donors (Lipinski definition) is 1. The molecule has 0 unspecified atom stereocenters. The third kappa shape index (κ3) is 2.65. The summed E-state index contributed by atoms with van der Waals surface area (Å²) in [6.07, 6.45) is 2.09. The van der Waals surface area contributed by atoms with E-state index in [4.69, 9.17) is 5.11 Å². The molecule has 14 heavy (non-hydrogen) atoms. The lowest BCUT2D eigenvalue weighted by molar-refractivity contribution is -0.131. The van der Waals surface area contributed by atoms with Gasteiger partial charge in [-0.2, -0.15) is 0 Å². The smallest absolute Gasteiger partial charge is 0.328 e. The molecule has 0 aliphatic rings. The highest BCUT2D eigenvalue weighted by Crippen LogP contribution is 2.29. The van der Waals surface area contributed by atoms with Crippen LogP contribution in [0.5, 0.6) is 0 Å². The van der Waals surface area contributed by atoms with E-state index in [-0.39, 0.29) is 5.56 Å². The molecular weight excluding hydrogens is 319 g/mol. The first kappa shape index (κ1) is 11.4.